The molecule has 8 heteroatoms. The van der Waals surface area contributed by atoms with Gasteiger partial charge in [-0.2, -0.15) is 0 Å². The summed E-state index contributed by atoms with van der Waals surface area (Å²) in [5, 5.41) is 22.6. The maximum atomic E-state index is 11.0. The number of pyridine rings is 1. The average Bonchev–Trinajstić information content (AvgIpc) is 3.00. The van der Waals surface area contributed by atoms with Crippen LogP contribution in [-0.4, -0.2) is 31.4 Å². The molecule has 0 saturated heterocycles. The summed E-state index contributed by atoms with van der Waals surface area (Å²) in [7, 11) is 0. The number of nitrogens with zero attached hydrogens (tertiary/aromatic N) is 5. The van der Waals surface area contributed by atoms with Gasteiger partial charge in [-0.15, -0.1) is 5.10 Å². The lowest BCUT2D eigenvalue weighted by Gasteiger charge is -2.09. The van der Waals surface area contributed by atoms with E-state index in [1.807, 2.05) is 6.07 Å². The highest BCUT2D eigenvalue weighted by atomic mass is 16.6. The van der Waals surface area contributed by atoms with Gasteiger partial charge in [0.1, 0.15) is 5.52 Å². The molecule has 0 fully saturated rings. The maximum Gasteiger partial charge on any atom is 0.295 e. The highest BCUT2D eigenvalue weighted by molar-refractivity contribution is 5.96. The number of benzene rings is 1. The highest BCUT2D eigenvalue weighted by Gasteiger charge is 2.14. The van der Waals surface area contributed by atoms with Crippen molar-refractivity contribution in [1.29, 1.82) is 0 Å². The Morgan fingerprint density at radius 3 is 2.95 bits per heavy atom. The Morgan fingerprint density at radius 2 is 2.19 bits per heavy atom. The summed E-state index contributed by atoms with van der Waals surface area (Å²) < 4.78 is 1.71. The second kappa shape index (κ2) is 5.53. The van der Waals surface area contributed by atoms with E-state index in [1.54, 1.807) is 35.4 Å². The standard InChI is InChI=1S/C13H12N6O2/c20-19(21)12-4-3-11(10-2-1-5-15-13(10)12)14-6-8-18-9-7-16-17-18/h1-5,7,9,14H,6,8H2. The van der Waals surface area contributed by atoms with Gasteiger partial charge < -0.3 is 5.32 Å². The van der Waals surface area contributed by atoms with Crippen molar-refractivity contribution in [3.63, 3.8) is 0 Å². The number of hydrogen-bond donors (Lipinski definition) is 1. The molecule has 8 nitrogen and oxygen atoms in total. The predicted octanol–water partition coefficient (Wildman–Crippen LogP) is 1.85. The number of nitrogens with one attached hydrogen (secondary N) is 1. The van der Waals surface area contributed by atoms with Crippen LogP contribution in [0.4, 0.5) is 11.4 Å². The van der Waals surface area contributed by atoms with Crippen LogP contribution < -0.4 is 5.32 Å². The van der Waals surface area contributed by atoms with Crippen molar-refractivity contribution in [2.75, 3.05) is 11.9 Å². The van der Waals surface area contributed by atoms with Gasteiger partial charge in [-0.05, 0) is 18.2 Å². The van der Waals surface area contributed by atoms with E-state index in [-0.39, 0.29) is 5.69 Å². The largest absolute Gasteiger partial charge is 0.383 e. The first kappa shape index (κ1) is 13.0. The van der Waals surface area contributed by atoms with Gasteiger partial charge in [0.2, 0.25) is 0 Å². The van der Waals surface area contributed by atoms with Crippen molar-refractivity contribution in [2.45, 2.75) is 6.54 Å². The number of nitro benzene ring substituents is 1. The molecule has 1 aromatic carbocycles. The topological polar surface area (TPSA) is 98.8 Å². The summed E-state index contributed by atoms with van der Waals surface area (Å²) in [6.45, 7) is 1.28. The second-order valence-corrected chi connectivity index (χ2v) is 4.38. The van der Waals surface area contributed by atoms with Crippen molar-refractivity contribution in [2.24, 2.45) is 0 Å². The third kappa shape index (κ3) is 2.64. The van der Waals surface area contributed by atoms with Crippen molar-refractivity contribution in [3.8, 4) is 0 Å². The predicted molar refractivity (Wildman–Crippen MR) is 76.9 cm³/mol. The Hall–Kier alpha value is -3.03. The SMILES string of the molecule is O=[N+]([O-])c1ccc(NCCn2ccnn2)c2cccnc12. The number of anilines is 1. The Morgan fingerprint density at radius 1 is 1.29 bits per heavy atom. The van der Waals surface area contributed by atoms with Crippen LogP contribution in [-0.2, 0) is 6.54 Å². The molecule has 3 aromatic rings. The van der Waals surface area contributed by atoms with Crippen LogP contribution in [0.25, 0.3) is 10.9 Å². The molecule has 0 aliphatic rings. The minimum Gasteiger partial charge on any atom is -0.383 e. The third-order valence-corrected chi connectivity index (χ3v) is 3.07. The molecule has 2 aromatic heterocycles. The van der Waals surface area contributed by atoms with E-state index in [0.29, 0.717) is 18.6 Å². The molecule has 0 aliphatic heterocycles. The molecule has 0 aliphatic carbocycles. The van der Waals surface area contributed by atoms with Crippen molar-refractivity contribution < 1.29 is 4.92 Å². The van der Waals surface area contributed by atoms with Crippen LogP contribution in [0, 0.1) is 10.1 Å². The smallest absolute Gasteiger partial charge is 0.295 e. The lowest BCUT2D eigenvalue weighted by molar-refractivity contribution is -0.383. The molecular formula is C13H12N6O2. The van der Waals surface area contributed by atoms with E-state index in [1.165, 1.54) is 6.07 Å². The molecule has 0 amide bonds. The van der Waals surface area contributed by atoms with E-state index in [2.05, 4.69) is 20.6 Å². The summed E-state index contributed by atoms with van der Waals surface area (Å²) in [5.74, 6) is 0. The zero-order chi connectivity index (χ0) is 14.7. The van der Waals surface area contributed by atoms with Crippen molar-refractivity contribution in [1.82, 2.24) is 20.0 Å². The fourth-order valence-corrected chi connectivity index (χ4v) is 2.12. The first-order chi connectivity index (χ1) is 10.3. The molecule has 106 valence electrons. The van der Waals surface area contributed by atoms with E-state index < -0.39 is 4.92 Å². The molecule has 21 heavy (non-hydrogen) atoms. The molecule has 3 rings (SSSR count). The Kier molecular flexibility index (Phi) is 3.42. The first-order valence-corrected chi connectivity index (χ1v) is 6.36. The highest BCUT2D eigenvalue weighted by Crippen LogP contribution is 2.29. The number of hydrogen-bond acceptors (Lipinski definition) is 6. The lowest BCUT2D eigenvalue weighted by Crippen LogP contribution is -2.11. The van der Waals surface area contributed by atoms with Crippen LogP contribution in [0.15, 0.2) is 42.9 Å². The van der Waals surface area contributed by atoms with Gasteiger partial charge in [-0.1, -0.05) is 5.21 Å². The number of rotatable bonds is 5. The molecule has 2 heterocycles. The van der Waals surface area contributed by atoms with Crippen LogP contribution in [0.1, 0.15) is 0 Å². The number of fused-ring (bicyclic) bond motifs is 1. The Balaban J connectivity index is 1.85. The van der Waals surface area contributed by atoms with Gasteiger partial charge in [0, 0.05) is 36.1 Å². The molecule has 1 N–H and O–H groups in total. The third-order valence-electron chi connectivity index (χ3n) is 3.07. The van der Waals surface area contributed by atoms with Gasteiger partial charge in [-0.3, -0.25) is 14.8 Å². The fraction of sp³-hybridized carbons (Fsp3) is 0.154. The zero-order valence-electron chi connectivity index (χ0n) is 11.0. The molecule has 0 radical (unpaired) electrons. The summed E-state index contributed by atoms with van der Waals surface area (Å²) in [6.07, 6.45) is 4.94. The van der Waals surface area contributed by atoms with E-state index in [0.717, 1.165) is 11.1 Å². The second-order valence-electron chi connectivity index (χ2n) is 4.38. The number of non-ortho nitro benzene ring substituents is 1. The molecule has 0 spiro atoms. The van der Waals surface area contributed by atoms with E-state index in [9.17, 15) is 10.1 Å². The molecule has 0 atom stereocenters. The quantitative estimate of drug-likeness (QED) is 0.567. The monoisotopic (exact) mass is 284 g/mol. The minimum atomic E-state index is -0.422. The molecular weight excluding hydrogens is 272 g/mol. The summed E-state index contributed by atoms with van der Waals surface area (Å²) >= 11 is 0. The molecule has 0 saturated carbocycles. The van der Waals surface area contributed by atoms with Gasteiger partial charge in [0.25, 0.3) is 5.69 Å². The van der Waals surface area contributed by atoms with Crippen LogP contribution in [0.5, 0.6) is 0 Å². The summed E-state index contributed by atoms with van der Waals surface area (Å²) in [5.41, 5.74) is 1.20. The zero-order valence-corrected chi connectivity index (χ0v) is 11.0. The van der Waals surface area contributed by atoms with Crippen LogP contribution in [0.3, 0.4) is 0 Å². The summed E-state index contributed by atoms with van der Waals surface area (Å²) in [4.78, 5) is 14.7. The lowest BCUT2D eigenvalue weighted by atomic mass is 10.1. The van der Waals surface area contributed by atoms with Crippen molar-refractivity contribution >= 4 is 22.3 Å². The number of nitro groups is 1. The van der Waals surface area contributed by atoms with Crippen LogP contribution >= 0.6 is 0 Å². The van der Waals surface area contributed by atoms with Gasteiger partial charge in [-0.25, -0.2) is 4.98 Å². The van der Waals surface area contributed by atoms with E-state index in [4.69, 9.17) is 0 Å². The van der Waals surface area contributed by atoms with Gasteiger partial charge in [0.05, 0.1) is 17.7 Å². The average molecular weight is 284 g/mol. The first-order valence-electron chi connectivity index (χ1n) is 6.36. The Labute approximate surface area is 119 Å². The van der Waals surface area contributed by atoms with Crippen LogP contribution in [0.2, 0.25) is 0 Å². The number of aromatic nitrogens is 4. The van der Waals surface area contributed by atoms with E-state index >= 15 is 0 Å². The van der Waals surface area contributed by atoms with Crippen molar-refractivity contribution in [3.05, 3.63) is 53.0 Å². The Bertz CT molecular complexity index is 771. The summed E-state index contributed by atoms with van der Waals surface area (Å²) in [6, 6.07) is 6.73. The fourth-order valence-electron chi connectivity index (χ4n) is 2.12. The normalized spacial score (nSPS) is 10.7. The van der Waals surface area contributed by atoms with Gasteiger partial charge >= 0.3 is 0 Å². The molecule has 0 unspecified atom stereocenters. The molecule has 0 bridgehead atoms. The maximum absolute atomic E-state index is 11.0. The van der Waals surface area contributed by atoms with Gasteiger partial charge in [0.15, 0.2) is 0 Å². The minimum absolute atomic E-state index is 0.00688.